The molecule has 3 heterocycles. The van der Waals surface area contributed by atoms with E-state index in [0.29, 0.717) is 53.9 Å². The van der Waals surface area contributed by atoms with Crippen LogP contribution in [0.1, 0.15) is 34.1 Å². The van der Waals surface area contributed by atoms with Crippen LogP contribution in [0.25, 0.3) is 16.8 Å². The zero-order valence-electron chi connectivity index (χ0n) is 18.3. The van der Waals surface area contributed by atoms with Crippen LogP contribution in [0.5, 0.6) is 0 Å². The summed E-state index contributed by atoms with van der Waals surface area (Å²) in [6, 6.07) is 10.0. The van der Waals surface area contributed by atoms with Crippen molar-refractivity contribution < 1.29 is 19.1 Å². The van der Waals surface area contributed by atoms with Gasteiger partial charge in [-0.3, -0.25) is 4.79 Å². The van der Waals surface area contributed by atoms with Crippen molar-refractivity contribution >= 4 is 40.6 Å². The Bertz CT molecular complexity index is 1370. The predicted molar refractivity (Wildman–Crippen MR) is 125 cm³/mol. The van der Waals surface area contributed by atoms with Gasteiger partial charge in [-0.1, -0.05) is 11.6 Å². The van der Waals surface area contributed by atoms with Crippen LogP contribution < -0.4 is 4.90 Å². The van der Waals surface area contributed by atoms with E-state index in [1.54, 1.807) is 29.2 Å². The average Bonchev–Trinajstić information content (AvgIpc) is 3.46. The first kappa shape index (κ1) is 21.9. The van der Waals surface area contributed by atoms with Crippen LogP contribution >= 0.6 is 11.6 Å². The van der Waals surface area contributed by atoms with Gasteiger partial charge in [0.2, 0.25) is 0 Å². The van der Waals surface area contributed by atoms with Crippen LogP contribution in [0.2, 0.25) is 5.02 Å². The molecular formula is C23H21ClN6O4. The summed E-state index contributed by atoms with van der Waals surface area (Å²) in [5.41, 5.74) is 1.99. The molecule has 1 saturated heterocycles. The molecule has 1 aliphatic heterocycles. The van der Waals surface area contributed by atoms with E-state index in [1.165, 1.54) is 29.3 Å². The summed E-state index contributed by atoms with van der Waals surface area (Å²) in [6.07, 6.45) is 3.68. The van der Waals surface area contributed by atoms with Crippen LogP contribution in [0.15, 0.2) is 53.2 Å². The second-order valence-electron chi connectivity index (χ2n) is 8.09. The van der Waals surface area contributed by atoms with Crippen molar-refractivity contribution in [1.29, 1.82) is 0 Å². The van der Waals surface area contributed by atoms with Gasteiger partial charge in [0.1, 0.15) is 5.52 Å². The third-order valence-electron chi connectivity index (χ3n) is 5.94. The lowest BCUT2D eigenvalue weighted by Gasteiger charge is -2.27. The van der Waals surface area contributed by atoms with Gasteiger partial charge < -0.3 is 19.3 Å². The van der Waals surface area contributed by atoms with E-state index in [1.807, 2.05) is 11.8 Å². The van der Waals surface area contributed by atoms with Gasteiger partial charge in [0.05, 0.1) is 29.2 Å². The predicted octanol–water partition coefficient (Wildman–Crippen LogP) is 3.50. The van der Waals surface area contributed by atoms with Gasteiger partial charge in [-0.15, -0.1) is 0 Å². The van der Waals surface area contributed by atoms with Crippen LogP contribution in [-0.2, 0) is 0 Å². The van der Waals surface area contributed by atoms with Gasteiger partial charge in [0.25, 0.3) is 11.9 Å². The number of hydrogen-bond acceptors (Lipinski definition) is 7. The minimum Gasteiger partial charge on any atom is -0.478 e. The topological polar surface area (TPSA) is 118 Å². The lowest BCUT2D eigenvalue weighted by atomic mass is 10.1. The molecule has 0 aliphatic carbocycles. The van der Waals surface area contributed by atoms with E-state index in [4.69, 9.17) is 16.0 Å². The summed E-state index contributed by atoms with van der Waals surface area (Å²) in [7, 11) is 0. The Labute approximate surface area is 199 Å². The van der Waals surface area contributed by atoms with Crippen molar-refractivity contribution in [2.75, 3.05) is 24.5 Å². The highest BCUT2D eigenvalue weighted by atomic mass is 35.5. The maximum atomic E-state index is 13.7. The highest BCUT2D eigenvalue weighted by molar-refractivity contribution is 6.31. The van der Waals surface area contributed by atoms with Crippen LogP contribution in [0, 0.1) is 0 Å². The molecule has 0 unspecified atom stereocenters. The van der Waals surface area contributed by atoms with Crippen molar-refractivity contribution in [2.45, 2.75) is 19.4 Å². The number of halogens is 1. The van der Waals surface area contributed by atoms with Crippen molar-refractivity contribution in [1.82, 2.24) is 24.9 Å². The number of nitrogens with zero attached hydrogens (tertiary/aromatic N) is 6. The van der Waals surface area contributed by atoms with E-state index < -0.39 is 5.97 Å². The largest absolute Gasteiger partial charge is 0.478 e. The van der Waals surface area contributed by atoms with Crippen molar-refractivity contribution in [2.24, 2.45) is 0 Å². The Morgan fingerprint density at radius 3 is 2.65 bits per heavy atom. The van der Waals surface area contributed by atoms with Gasteiger partial charge in [0, 0.05) is 30.7 Å². The zero-order chi connectivity index (χ0) is 23.8. The molecular weight excluding hydrogens is 460 g/mol. The van der Waals surface area contributed by atoms with E-state index in [2.05, 4.69) is 15.2 Å². The summed E-state index contributed by atoms with van der Waals surface area (Å²) in [5, 5.41) is 18.3. The number of aromatic nitrogens is 4. The van der Waals surface area contributed by atoms with Gasteiger partial charge >= 0.3 is 5.97 Å². The Morgan fingerprint density at radius 2 is 1.88 bits per heavy atom. The molecule has 1 amide bonds. The first-order valence-electron chi connectivity index (χ1n) is 10.8. The van der Waals surface area contributed by atoms with E-state index >= 15 is 0 Å². The zero-order valence-corrected chi connectivity index (χ0v) is 19.0. The molecule has 5 rings (SSSR count). The van der Waals surface area contributed by atoms with E-state index in [0.717, 1.165) is 0 Å². The first-order chi connectivity index (χ1) is 16.4. The number of hydrogen-bond donors (Lipinski definition) is 1. The molecule has 10 nitrogen and oxygen atoms in total. The Kier molecular flexibility index (Phi) is 5.66. The normalized spacial score (nSPS) is 16.6. The number of carbonyl (C=O) groups excluding carboxylic acids is 1. The van der Waals surface area contributed by atoms with Crippen LogP contribution in [-0.4, -0.2) is 67.5 Å². The summed E-state index contributed by atoms with van der Waals surface area (Å²) in [5.74, 6) is -1.39. The van der Waals surface area contributed by atoms with Crippen LogP contribution in [0.3, 0.4) is 0 Å². The highest BCUT2D eigenvalue weighted by Crippen LogP contribution is 2.27. The van der Waals surface area contributed by atoms with Gasteiger partial charge in [-0.25, -0.2) is 4.79 Å². The number of carboxylic acids is 1. The first-order valence-corrected chi connectivity index (χ1v) is 11.1. The third-order valence-corrected chi connectivity index (χ3v) is 6.17. The molecule has 1 atom stereocenters. The van der Waals surface area contributed by atoms with Crippen molar-refractivity contribution in [3.05, 3.63) is 64.9 Å². The molecule has 0 bridgehead atoms. The highest BCUT2D eigenvalue weighted by Gasteiger charge is 2.30. The number of carbonyl (C=O) groups is 2. The molecule has 2 aromatic heterocycles. The Balaban J connectivity index is 1.43. The lowest BCUT2D eigenvalue weighted by Crippen LogP contribution is -2.40. The number of amides is 1. The number of benzene rings is 2. The molecule has 4 aromatic rings. The van der Waals surface area contributed by atoms with Crippen LogP contribution in [0.4, 0.5) is 6.01 Å². The van der Waals surface area contributed by atoms with Gasteiger partial charge in [-0.05, 0) is 49.7 Å². The minimum absolute atomic E-state index is 0.0218. The molecule has 2 aromatic carbocycles. The quantitative estimate of drug-likeness (QED) is 0.471. The molecule has 0 radical (unpaired) electrons. The molecule has 0 spiro atoms. The molecule has 34 heavy (non-hydrogen) atoms. The number of aromatic carboxylic acids is 1. The summed E-state index contributed by atoms with van der Waals surface area (Å²) in [6.45, 7) is 3.53. The Morgan fingerprint density at radius 1 is 1.09 bits per heavy atom. The molecule has 1 aliphatic rings. The second kappa shape index (κ2) is 8.79. The minimum atomic E-state index is -1.11. The fourth-order valence-electron chi connectivity index (χ4n) is 4.09. The molecule has 174 valence electrons. The molecule has 1 fully saturated rings. The SMILES string of the molecule is C[C@H]1CCN(c2nc3cc(Cl)ccc3o2)CCN1C(=O)c1cc(C(=O)O)ccc1-n1nccn1. The average molecular weight is 481 g/mol. The number of carboxylic acid groups (broad SMARTS) is 1. The second-order valence-corrected chi connectivity index (χ2v) is 8.52. The third kappa shape index (κ3) is 4.08. The molecule has 11 heteroatoms. The summed E-state index contributed by atoms with van der Waals surface area (Å²) < 4.78 is 5.91. The standard InChI is InChI=1S/C23H21ClN6O4/c1-14-6-9-28(23-27-18-13-16(24)3-5-20(18)34-23)10-11-29(14)21(31)17-12-15(22(32)33)2-4-19(17)30-25-7-8-26-30/h2-5,7-8,12-14H,6,9-11H2,1H3,(H,32,33)/t14-/m0/s1. The lowest BCUT2D eigenvalue weighted by molar-refractivity contribution is 0.0697. The van der Waals surface area contributed by atoms with Gasteiger partial charge in [0.15, 0.2) is 5.58 Å². The maximum absolute atomic E-state index is 13.7. The van der Waals surface area contributed by atoms with E-state index in [9.17, 15) is 14.7 Å². The van der Waals surface area contributed by atoms with E-state index in [-0.39, 0.29) is 23.1 Å². The summed E-state index contributed by atoms with van der Waals surface area (Å²) in [4.78, 5) is 34.9. The fraction of sp³-hybridized carbons (Fsp3) is 0.261. The smallest absolute Gasteiger partial charge is 0.335 e. The maximum Gasteiger partial charge on any atom is 0.335 e. The molecule has 0 saturated carbocycles. The number of oxazole rings is 1. The van der Waals surface area contributed by atoms with Gasteiger partial charge in [-0.2, -0.15) is 20.0 Å². The fourth-order valence-corrected chi connectivity index (χ4v) is 4.25. The number of anilines is 1. The number of fused-ring (bicyclic) bond motifs is 1. The Hall–Kier alpha value is -3.92. The monoisotopic (exact) mass is 480 g/mol. The number of rotatable bonds is 4. The van der Waals surface area contributed by atoms with Crippen molar-refractivity contribution in [3.8, 4) is 5.69 Å². The summed E-state index contributed by atoms with van der Waals surface area (Å²) >= 11 is 6.06. The van der Waals surface area contributed by atoms with Crippen molar-refractivity contribution in [3.63, 3.8) is 0 Å². The molecule has 1 N–H and O–H groups in total.